The molecule has 3 aromatic rings. The average molecular weight is 396 g/mol. The highest BCUT2D eigenvalue weighted by Gasteiger charge is 2.31. The monoisotopic (exact) mass is 396 g/mol. The molecule has 6 heteroatoms. The van der Waals surface area contributed by atoms with E-state index >= 15 is 0 Å². The van der Waals surface area contributed by atoms with Gasteiger partial charge in [0.15, 0.2) is 0 Å². The second kappa shape index (κ2) is 7.59. The molecule has 0 unspecified atom stereocenters. The molecule has 1 aliphatic rings. The van der Waals surface area contributed by atoms with E-state index in [1.807, 2.05) is 13.8 Å². The van der Waals surface area contributed by atoms with Crippen molar-refractivity contribution in [3.05, 3.63) is 54.2 Å². The van der Waals surface area contributed by atoms with Crippen LogP contribution >= 0.6 is 0 Å². The van der Waals surface area contributed by atoms with Gasteiger partial charge in [-0.2, -0.15) is 0 Å². The predicted octanol–water partition coefficient (Wildman–Crippen LogP) is 4.69. The molecule has 1 fully saturated rings. The third-order valence-electron chi connectivity index (χ3n) is 5.93. The van der Waals surface area contributed by atoms with Crippen molar-refractivity contribution in [2.75, 3.05) is 0 Å². The molecule has 2 heterocycles. The Morgan fingerprint density at radius 2 is 1.97 bits per heavy atom. The van der Waals surface area contributed by atoms with Gasteiger partial charge < -0.3 is 14.8 Å². The van der Waals surface area contributed by atoms with Crippen molar-refractivity contribution in [1.82, 2.24) is 10.3 Å². The van der Waals surface area contributed by atoms with E-state index in [9.17, 15) is 14.3 Å². The molecule has 2 N–H and O–H groups in total. The fraction of sp³-hybridized carbons (Fsp3) is 0.391. The number of aromatic nitrogens is 1. The van der Waals surface area contributed by atoms with Crippen molar-refractivity contribution in [2.45, 2.75) is 51.2 Å². The van der Waals surface area contributed by atoms with Gasteiger partial charge in [0.2, 0.25) is 0 Å². The standard InChI is InChI=1S/C23H25FN2O3/c1-23(2,28)15-4-6-16(7-5-15)26-22(27)14-3-8-17(19(24)13-14)21-18-10-12-29-20(18)9-11-25-21/h3,8-13,15-16,28H,4-7H2,1-2H3,(H,26,27). The number of benzene rings is 1. The summed E-state index contributed by atoms with van der Waals surface area (Å²) in [5.41, 5.74) is 1.05. The number of pyridine rings is 1. The van der Waals surface area contributed by atoms with Gasteiger partial charge in [0.25, 0.3) is 5.91 Å². The van der Waals surface area contributed by atoms with Crippen LogP contribution in [-0.2, 0) is 0 Å². The van der Waals surface area contributed by atoms with Gasteiger partial charge in [-0.3, -0.25) is 9.78 Å². The third-order valence-corrected chi connectivity index (χ3v) is 5.93. The summed E-state index contributed by atoms with van der Waals surface area (Å²) >= 11 is 0. The van der Waals surface area contributed by atoms with Crippen molar-refractivity contribution in [3.63, 3.8) is 0 Å². The number of hydrogen-bond acceptors (Lipinski definition) is 4. The first-order valence-corrected chi connectivity index (χ1v) is 9.98. The highest BCUT2D eigenvalue weighted by atomic mass is 19.1. The second-order valence-corrected chi connectivity index (χ2v) is 8.36. The minimum absolute atomic E-state index is 0.0465. The highest BCUT2D eigenvalue weighted by Crippen LogP contribution is 2.33. The smallest absolute Gasteiger partial charge is 0.251 e. The molecular weight excluding hydrogens is 371 g/mol. The summed E-state index contributed by atoms with van der Waals surface area (Å²) in [5, 5.41) is 13.9. The van der Waals surface area contributed by atoms with Crippen LogP contribution in [0.4, 0.5) is 4.39 Å². The van der Waals surface area contributed by atoms with E-state index < -0.39 is 11.4 Å². The van der Waals surface area contributed by atoms with Gasteiger partial charge in [0, 0.05) is 28.8 Å². The fourth-order valence-corrected chi connectivity index (χ4v) is 4.17. The molecule has 1 aromatic carbocycles. The van der Waals surface area contributed by atoms with E-state index in [4.69, 9.17) is 4.42 Å². The number of aliphatic hydroxyl groups is 1. The molecular formula is C23H25FN2O3. The number of furan rings is 1. The zero-order chi connectivity index (χ0) is 20.6. The number of nitrogens with one attached hydrogen (secondary N) is 1. The van der Waals surface area contributed by atoms with E-state index in [1.54, 1.807) is 36.7 Å². The molecule has 1 amide bonds. The van der Waals surface area contributed by atoms with Crippen molar-refractivity contribution < 1.29 is 18.7 Å². The number of amides is 1. The Bertz CT molecular complexity index is 1030. The number of carbonyl (C=O) groups excluding carboxylic acids is 1. The lowest BCUT2D eigenvalue weighted by atomic mass is 9.77. The van der Waals surface area contributed by atoms with Crippen LogP contribution in [0.2, 0.25) is 0 Å². The lowest BCUT2D eigenvalue weighted by Crippen LogP contribution is -2.41. The SMILES string of the molecule is CC(C)(O)C1CCC(NC(=O)c2ccc(-c3nccc4occc34)c(F)c2)CC1. The Morgan fingerprint density at radius 3 is 2.66 bits per heavy atom. The summed E-state index contributed by atoms with van der Waals surface area (Å²) in [6.07, 6.45) is 6.47. The van der Waals surface area contributed by atoms with Gasteiger partial charge >= 0.3 is 0 Å². The van der Waals surface area contributed by atoms with Crippen LogP contribution < -0.4 is 5.32 Å². The van der Waals surface area contributed by atoms with Gasteiger partial charge in [-0.05, 0) is 75.8 Å². The second-order valence-electron chi connectivity index (χ2n) is 8.36. The molecule has 29 heavy (non-hydrogen) atoms. The first-order chi connectivity index (χ1) is 13.8. The zero-order valence-electron chi connectivity index (χ0n) is 16.6. The fourth-order valence-electron chi connectivity index (χ4n) is 4.17. The first kappa shape index (κ1) is 19.6. The number of nitrogens with zero attached hydrogens (tertiary/aromatic N) is 1. The Labute approximate surface area is 168 Å². The molecule has 4 rings (SSSR count). The van der Waals surface area contributed by atoms with Crippen LogP contribution in [0.5, 0.6) is 0 Å². The van der Waals surface area contributed by atoms with Crippen LogP contribution in [-0.4, -0.2) is 27.6 Å². The summed E-state index contributed by atoms with van der Waals surface area (Å²) < 4.78 is 20.2. The van der Waals surface area contributed by atoms with Gasteiger partial charge in [-0.25, -0.2) is 4.39 Å². The maximum Gasteiger partial charge on any atom is 0.251 e. The maximum atomic E-state index is 14.8. The van der Waals surface area contributed by atoms with E-state index in [0.29, 0.717) is 16.8 Å². The van der Waals surface area contributed by atoms with Gasteiger partial charge in [-0.1, -0.05) is 0 Å². The van der Waals surface area contributed by atoms with Gasteiger partial charge in [0.05, 0.1) is 17.6 Å². The maximum absolute atomic E-state index is 14.8. The normalized spacial score (nSPS) is 20.0. The number of hydrogen-bond donors (Lipinski definition) is 2. The molecule has 1 saturated carbocycles. The largest absolute Gasteiger partial charge is 0.464 e. The quantitative estimate of drug-likeness (QED) is 0.671. The Morgan fingerprint density at radius 1 is 1.21 bits per heavy atom. The van der Waals surface area contributed by atoms with Crippen LogP contribution in [0.15, 0.2) is 47.2 Å². The van der Waals surface area contributed by atoms with Crippen LogP contribution in [0, 0.1) is 11.7 Å². The summed E-state index contributed by atoms with van der Waals surface area (Å²) in [4.78, 5) is 16.9. The molecule has 0 aliphatic heterocycles. The summed E-state index contributed by atoms with van der Waals surface area (Å²) in [6, 6.07) is 7.99. The lowest BCUT2D eigenvalue weighted by molar-refractivity contribution is -0.00257. The first-order valence-electron chi connectivity index (χ1n) is 9.98. The molecule has 2 aromatic heterocycles. The summed E-state index contributed by atoms with van der Waals surface area (Å²) in [6.45, 7) is 3.67. The molecule has 0 radical (unpaired) electrons. The average Bonchev–Trinajstić information content (AvgIpc) is 3.16. The summed E-state index contributed by atoms with van der Waals surface area (Å²) in [7, 11) is 0. The molecule has 0 spiro atoms. The van der Waals surface area contributed by atoms with E-state index in [0.717, 1.165) is 31.1 Å². The number of fused-ring (bicyclic) bond motifs is 1. The van der Waals surface area contributed by atoms with Crippen LogP contribution in [0.25, 0.3) is 22.2 Å². The van der Waals surface area contributed by atoms with E-state index in [2.05, 4.69) is 10.3 Å². The molecule has 0 atom stereocenters. The van der Waals surface area contributed by atoms with Crippen LogP contribution in [0.3, 0.4) is 0 Å². The highest BCUT2D eigenvalue weighted by molar-refractivity contribution is 5.96. The van der Waals surface area contributed by atoms with Crippen LogP contribution in [0.1, 0.15) is 49.9 Å². The van der Waals surface area contributed by atoms with Gasteiger partial charge in [0.1, 0.15) is 11.4 Å². The Balaban J connectivity index is 1.47. The Kier molecular flexibility index (Phi) is 5.13. The van der Waals surface area contributed by atoms with Crippen molar-refractivity contribution in [2.24, 2.45) is 5.92 Å². The van der Waals surface area contributed by atoms with E-state index in [-0.39, 0.29) is 23.4 Å². The number of rotatable bonds is 4. The van der Waals surface area contributed by atoms with Crippen molar-refractivity contribution in [3.8, 4) is 11.3 Å². The summed E-state index contributed by atoms with van der Waals surface area (Å²) in [5.74, 6) is -0.535. The van der Waals surface area contributed by atoms with Crippen molar-refractivity contribution >= 4 is 16.9 Å². The topological polar surface area (TPSA) is 75.4 Å². The number of carbonyl (C=O) groups is 1. The minimum atomic E-state index is -0.695. The predicted molar refractivity (Wildman–Crippen MR) is 109 cm³/mol. The molecule has 1 aliphatic carbocycles. The zero-order valence-corrected chi connectivity index (χ0v) is 16.6. The Hall–Kier alpha value is -2.73. The minimum Gasteiger partial charge on any atom is -0.464 e. The molecule has 0 saturated heterocycles. The van der Waals surface area contributed by atoms with Crippen molar-refractivity contribution in [1.29, 1.82) is 0 Å². The van der Waals surface area contributed by atoms with Gasteiger partial charge in [-0.15, -0.1) is 0 Å². The molecule has 5 nitrogen and oxygen atoms in total. The molecule has 0 bridgehead atoms. The lowest BCUT2D eigenvalue weighted by Gasteiger charge is -2.36. The number of halogens is 1. The van der Waals surface area contributed by atoms with E-state index in [1.165, 1.54) is 6.07 Å². The third kappa shape index (κ3) is 4.03. The molecule has 152 valence electrons.